The van der Waals surface area contributed by atoms with Gasteiger partial charge in [-0.25, -0.2) is 4.79 Å². The summed E-state index contributed by atoms with van der Waals surface area (Å²) in [6.07, 6.45) is 4.95. The van der Waals surface area contributed by atoms with Gasteiger partial charge in [0.05, 0.1) is 0 Å². The van der Waals surface area contributed by atoms with Crippen molar-refractivity contribution in [1.82, 2.24) is 5.32 Å². The molecule has 5 nitrogen and oxygen atoms in total. The molecule has 0 aromatic heterocycles. The molecule has 1 amide bonds. The Morgan fingerprint density at radius 3 is 2.58 bits per heavy atom. The van der Waals surface area contributed by atoms with E-state index in [9.17, 15) is 9.59 Å². The van der Waals surface area contributed by atoms with Crippen LogP contribution in [0.3, 0.4) is 0 Å². The second-order valence-corrected chi connectivity index (χ2v) is 4.52. The molecule has 1 aromatic carbocycles. The summed E-state index contributed by atoms with van der Waals surface area (Å²) < 4.78 is 6.10. The summed E-state index contributed by atoms with van der Waals surface area (Å²) in [6, 6.07) is 5.82. The van der Waals surface area contributed by atoms with Crippen LogP contribution in [0.2, 0.25) is 0 Å². The SMILES string of the molecule is C#CCC(NC(=O)COc1ccc(Br)cc1)C(=O)O. The number of carboxylic acid groups (broad SMARTS) is 1. The minimum absolute atomic E-state index is 0.0701. The molecule has 0 aliphatic heterocycles. The number of terminal acetylenes is 1. The lowest BCUT2D eigenvalue weighted by Crippen LogP contribution is -2.42. The molecule has 0 aliphatic carbocycles. The van der Waals surface area contributed by atoms with E-state index in [4.69, 9.17) is 16.3 Å². The Labute approximate surface area is 119 Å². The number of halogens is 1. The third-order valence-corrected chi connectivity index (χ3v) is 2.67. The molecule has 0 radical (unpaired) electrons. The number of amides is 1. The summed E-state index contributed by atoms with van der Waals surface area (Å²) >= 11 is 3.27. The maximum Gasteiger partial charge on any atom is 0.327 e. The third kappa shape index (κ3) is 5.44. The van der Waals surface area contributed by atoms with E-state index in [1.165, 1.54) is 0 Å². The average molecular weight is 326 g/mol. The van der Waals surface area contributed by atoms with Crippen molar-refractivity contribution in [2.45, 2.75) is 12.5 Å². The van der Waals surface area contributed by atoms with Crippen LogP contribution in [-0.2, 0) is 9.59 Å². The summed E-state index contributed by atoms with van der Waals surface area (Å²) in [5, 5.41) is 11.1. The minimum atomic E-state index is -1.17. The number of aliphatic carboxylic acids is 1. The topological polar surface area (TPSA) is 75.6 Å². The number of hydrogen-bond donors (Lipinski definition) is 2. The van der Waals surface area contributed by atoms with Crippen LogP contribution in [0.4, 0.5) is 0 Å². The van der Waals surface area contributed by atoms with Crippen LogP contribution in [-0.4, -0.2) is 29.6 Å². The zero-order chi connectivity index (χ0) is 14.3. The van der Waals surface area contributed by atoms with Crippen LogP contribution in [0.25, 0.3) is 0 Å². The van der Waals surface area contributed by atoms with E-state index in [0.29, 0.717) is 5.75 Å². The smallest absolute Gasteiger partial charge is 0.327 e. The van der Waals surface area contributed by atoms with E-state index in [1.807, 2.05) is 0 Å². The van der Waals surface area contributed by atoms with Gasteiger partial charge >= 0.3 is 5.97 Å². The number of carbonyl (C=O) groups is 2. The molecular weight excluding hydrogens is 314 g/mol. The predicted octanol–water partition coefficient (Wildman–Crippen LogP) is 1.42. The van der Waals surface area contributed by atoms with Crippen LogP contribution in [0, 0.1) is 12.3 Å². The molecule has 0 fully saturated rings. The van der Waals surface area contributed by atoms with Gasteiger partial charge in [-0.05, 0) is 24.3 Å². The summed E-state index contributed by atoms with van der Waals surface area (Å²) in [6.45, 7) is -0.268. The van der Waals surface area contributed by atoms with Crippen molar-refractivity contribution >= 4 is 27.8 Å². The number of benzene rings is 1. The van der Waals surface area contributed by atoms with E-state index in [0.717, 1.165) is 4.47 Å². The number of carboxylic acids is 1. The highest BCUT2D eigenvalue weighted by Crippen LogP contribution is 2.15. The minimum Gasteiger partial charge on any atom is -0.484 e. The van der Waals surface area contributed by atoms with E-state index >= 15 is 0 Å². The van der Waals surface area contributed by atoms with Crippen molar-refractivity contribution < 1.29 is 19.4 Å². The van der Waals surface area contributed by atoms with Gasteiger partial charge in [-0.3, -0.25) is 4.79 Å². The lowest BCUT2D eigenvalue weighted by Gasteiger charge is -2.12. The summed E-state index contributed by atoms with van der Waals surface area (Å²) in [5.41, 5.74) is 0. The number of carbonyl (C=O) groups excluding carboxylic acids is 1. The molecule has 1 atom stereocenters. The van der Waals surface area contributed by atoms with E-state index in [-0.39, 0.29) is 13.0 Å². The van der Waals surface area contributed by atoms with E-state index < -0.39 is 17.9 Å². The first-order valence-corrected chi connectivity index (χ1v) is 6.16. The fraction of sp³-hybridized carbons (Fsp3) is 0.231. The molecule has 2 N–H and O–H groups in total. The second-order valence-electron chi connectivity index (χ2n) is 3.61. The molecule has 19 heavy (non-hydrogen) atoms. The van der Waals surface area contributed by atoms with E-state index in [1.54, 1.807) is 24.3 Å². The Morgan fingerprint density at radius 2 is 2.05 bits per heavy atom. The number of rotatable bonds is 6. The highest BCUT2D eigenvalue weighted by Gasteiger charge is 2.18. The Kier molecular flexibility index (Phi) is 5.90. The number of nitrogens with one attached hydrogen (secondary N) is 1. The lowest BCUT2D eigenvalue weighted by atomic mass is 10.2. The summed E-state index contributed by atoms with van der Waals surface area (Å²) in [5.74, 6) is 1.00. The van der Waals surface area contributed by atoms with Crippen molar-refractivity contribution in [2.24, 2.45) is 0 Å². The van der Waals surface area contributed by atoms with Gasteiger partial charge in [0.15, 0.2) is 6.61 Å². The van der Waals surface area contributed by atoms with Gasteiger partial charge in [0.2, 0.25) is 0 Å². The first kappa shape index (κ1) is 15.1. The molecule has 100 valence electrons. The van der Waals surface area contributed by atoms with Gasteiger partial charge in [-0.1, -0.05) is 15.9 Å². The lowest BCUT2D eigenvalue weighted by molar-refractivity contribution is -0.141. The van der Waals surface area contributed by atoms with Crippen LogP contribution in [0.5, 0.6) is 5.75 Å². The zero-order valence-electron chi connectivity index (χ0n) is 9.93. The van der Waals surface area contributed by atoms with Gasteiger partial charge in [-0.2, -0.15) is 0 Å². The van der Waals surface area contributed by atoms with Gasteiger partial charge < -0.3 is 15.2 Å². The Hall–Kier alpha value is -2.00. The van der Waals surface area contributed by atoms with Crippen LogP contribution in [0.1, 0.15) is 6.42 Å². The van der Waals surface area contributed by atoms with Crippen molar-refractivity contribution in [3.05, 3.63) is 28.7 Å². The largest absolute Gasteiger partial charge is 0.484 e. The predicted molar refractivity (Wildman–Crippen MR) is 72.7 cm³/mol. The Bertz CT molecular complexity index is 492. The molecular formula is C13H12BrNO4. The van der Waals surface area contributed by atoms with Gasteiger partial charge in [-0.15, -0.1) is 12.3 Å². The molecule has 0 saturated heterocycles. The van der Waals surface area contributed by atoms with Crippen molar-refractivity contribution in [1.29, 1.82) is 0 Å². The van der Waals surface area contributed by atoms with Crippen molar-refractivity contribution in [3.63, 3.8) is 0 Å². The molecule has 1 rings (SSSR count). The number of hydrogen-bond acceptors (Lipinski definition) is 3. The molecule has 0 bridgehead atoms. The maximum atomic E-state index is 11.5. The summed E-state index contributed by atoms with van der Waals surface area (Å²) in [7, 11) is 0. The molecule has 0 saturated carbocycles. The molecule has 0 heterocycles. The maximum absolute atomic E-state index is 11.5. The number of ether oxygens (including phenoxy) is 1. The van der Waals surface area contributed by atoms with Crippen LogP contribution >= 0.6 is 15.9 Å². The fourth-order valence-corrected chi connectivity index (χ4v) is 1.50. The molecule has 0 aliphatic rings. The first-order chi connectivity index (χ1) is 9.02. The normalized spacial score (nSPS) is 11.2. The average Bonchev–Trinajstić information content (AvgIpc) is 2.37. The standard InChI is InChI=1S/C13H12BrNO4/c1-2-3-11(13(17)18)15-12(16)8-19-10-6-4-9(14)5-7-10/h1,4-7,11H,3,8H2,(H,15,16)(H,17,18). The third-order valence-electron chi connectivity index (χ3n) is 2.14. The zero-order valence-corrected chi connectivity index (χ0v) is 11.5. The van der Waals surface area contributed by atoms with Crippen molar-refractivity contribution in [2.75, 3.05) is 6.61 Å². The molecule has 0 spiro atoms. The van der Waals surface area contributed by atoms with Gasteiger partial charge in [0, 0.05) is 10.9 Å². The molecule has 6 heteroatoms. The first-order valence-electron chi connectivity index (χ1n) is 5.37. The second kappa shape index (κ2) is 7.44. The Balaban J connectivity index is 2.45. The molecule has 1 aromatic rings. The highest BCUT2D eigenvalue weighted by atomic mass is 79.9. The van der Waals surface area contributed by atoms with Gasteiger partial charge in [0.25, 0.3) is 5.91 Å². The Morgan fingerprint density at radius 1 is 1.42 bits per heavy atom. The van der Waals surface area contributed by atoms with Crippen molar-refractivity contribution in [3.8, 4) is 18.1 Å². The monoisotopic (exact) mass is 325 g/mol. The molecule has 1 unspecified atom stereocenters. The highest BCUT2D eigenvalue weighted by molar-refractivity contribution is 9.10. The summed E-state index contributed by atoms with van der Waals surface area (Å²) in [4.78, 5) is 22.3. The van der Waals surface area contributed by atoms with E-state index in [2.05, 4.69) is 27.2 Å². The van der Waals surface area contributed by atoms with Crippen LogP contribution in [0.15, 0.2) is 28.7 Å². The van der Waals surface area contributed by atoms with Gasteiger partial charge in [0.1, 0.15) is 11.8 Å². The fourth-order valence-electron chi connectivity index (χ4n) is 1.23. The quantitative estimate of drug-likeness (QED) is 0.776. The van der Waals surface area contributed by atoms with Crippen LogP contribution < -0.4 is 10.1 Å².